The third kappa shape index (κ3) is 2.39. The number of benzene rings is 1. The number of nitrogens with one attached hydrogen (secondary N) is 1. The number of carbonyl (C=O) groups excluding carboxylic acids is 1. The van der Waals surface area contributed by atoms with Gasteiger partial charge in [0.1, 0.15) is 0 Å². The molecule has 1 aliphatic heterocycles. The number of amides is 1. The molecule has 1 aromatic carbocycles. The fraction of sp³-hybridized carbons (Fsp3) is 0.0833. The lowest BCUT2D eigenvalue weighted by molar-refractivity contribution is 0.102. The van der Waals surface area contributed by atoms with Crippen molar-refractivity contribution in [2.75, 3.05) is 17.8 Å². The first-order valence-electron chi connectivity index (χ1n) is 5.38. The molecule has 2 aromatic rings. The minimum Gasteiger partial charge on any atom is -0.454 e. The highest BCUT2D eigenvalue weighted by molar-refractivity contribution is 9.11. The molecule has 5 nitrogen and oxygen atoms in total. The van der Waals surface area contributed by atoms with Crippen LogP contribution in [0.4, 0.5) is 11.4 Å². The number of ether oxygens (including phenoxy) is 2. The summed E-state index contributed by atoms with van der Waals surface area (Å²) in [7, 11) is 0. The molecule has 0 saturated heterocycles. The molecular formula is C12H9BrN2O3S. The zero-order valence-corrected chi connectivity index (χ0v) is 12.0. The Morgan fingerprint density at radius 3 is 2.74 bits per heavy atom. The monoisotopic (exact) mass is 340 g/mol. The van der Waals surface area contributed by atoms with E-state index in [1.807, 2.05) is 0 Å². The smallest absolute Gasteiger partial charge is 0.256 e. The van der Waals surface area contributed by atoms with E-state index >= 15 is 0 Å². The van der Waals surface area contributed by atoms with Crippen molar-refractivity contribution in [1.82, 2.24) is 0 Å². The zero-order chi connectivity index (χ0) is 13.4. The summed E-state index contributed by atoms with van der Waals surface area (Å²) in [5, 5.41) is 4.52. The average molecular weight is 341 g/mol. The highest BCUT2D eigenvalue weighted by Crippen LogP contribution is 2.38. The van der Waals surface area contributed by atoms with Gasteiger partial charge >= 0.3 is 0 Å². The van der Waals surface area contributed by atoms with Gasteiger partial charge in [-0.2, -0.15) is 0 Å². The molecule has 0 bridgehead atoms. The van der Waals surface area contributed by atoms with Crippen LogP contribution in [0.1, 0.15) is 10.4 Å². The standard InChI is InChI=1S/C12H9BrN2O3S/c13-11-1-6(4-19-11)12(16)15-8-3-10-9(2-7(8)14)17-5-18-10/h1-4H,5,14H2,(H,15,16). The van der Waals surface area contributed by atoms with Crippen LogP contribution in [0, 0.1) is 0 Å². The molecular weight excluding hydrogens is 332 g/mol. The maximum atomic E-state index is 12.0. The van der Waals surface area contributed by atoms with E-state index in [-0.39, 0.29) is 12.7 Å². The normalized spacial score (nSPS) is 12.5. The highest BCUT2D eigenvalue weighted by Gasteiger charge is 2.18. The van der Waals surface area contributed by atoms with Crippen LogP contribution in [0.2, 0.25) is 0 Å². The van der Waals surface area contributed by atoms with Crippen LogP contribution in [0.15, 0.2) is 27.4 Å². The van der Waals surface area contributed by atoms with Gasteiger partial charge in [-0.1, -0.05) is 0 Å². The summed E-state index contributed by atoms with van der Waals surface area (Å²) in [4.78, 5) is 12.0. The number of anilines is 2. The summed E-state index contributed by atoms with van der Waals surface area (Å²) in [6.07, 6.45) is 0. The van der Waals surface area contributed by atoms with E-state index in [9.17, 15) is 4.79 Å². The van der Waals surface area contributed by atoms with Crippen molar-refractivity contribution < 1.29 is 14.3 Å². The summed E-state index contributed by atoms with van der Waals surface area (Å²) in [6, 6.07) is 5.06. The number of rotatable bonds is 2. The van der Waals surface area contributed by atoms with Gasteiger partial charge in [0.15, 0.2) is 11.5 Å². The maximum Gasteiger partial charge on any atom is 0.256 e. The predicted molar refractivity (Wildman–Crippen MR) is 76.9 cm³/mol. The summed E-state index contributed by atoms with van der Waals surface area (Å²) < 4.78 is 11.4. The van der Waals surface area contributed by atoms with E-state index in [1.165, 1.54) is 11.3 Å². The van der Waals surface area contributed by atoms with Crippen molar-refractivity contribution in [2.24, 2.45) is 0 Å². The fourth-order valence-electron chi connectivity index (χ4n) is 1.69. The molecule has 0 fully saturated rings. The minimum absolute atomic E-state index is 0.170. The molecule has 2 heterocycles. The van der Waals surface area contributed by atoms with Crippen molar-refractivity contribution >= 4 is 44.5 Å². The van der Waals surface area contributed by atoms with Crippen LogP contribution in [0.25, 0.3) is 0 Å². The van der Waals surface area contributed by atoms with Crippen LogP contribution in [-0.4, -0.2) is 12.7 Å². The molecule has 0 aliphatic carbocycles. The molecule has 19 heavy (non-hydrogen) atoms. The molecule has 0 radical (unpaired) electrons. The van der Waals surface area contributed by atoms with Crippen molar-refractivity contribution in [1.29, 1.82) is 0 Å². The third-order valence-electron chi connectivity index (χ3n) is 2.62. The Morgan fingerprint density at radius 2 is 2.05 bits per heavy atom. The minimum atomic E-state index is -0.215. The first kappa shape index (κ1) is 12.3. The molecule has 7 heteroatoms. The molecule has 1 amide bonds. The maximum absolute atomic E-state index is 12.0. The lowest BCUT2D eigenvalue weighted by atomic mass is 10.2. The van der Waals surface area contributed by atoms with E-state index in [2.05, 4.69) is 21.2 Å². The first-order valence-corrected chi connectivity index (χ1v) is 7.05. The molecule has 0 spiro atoms. The average Bonchev–Trinajstić information content (AvgIpc) is 2.98. The number of carbonyl (C=O) groups is 1. The van der Waals surface area contributed by atoms with E-state index in [0.717, 1.165) is 3.79 Å². The van der Waals surface area contributed by atoms with E-state index in [0.29, 0.717) is 28.4 Å². The second kappa shape index (κ2) is 4.75. The lowest BCUT2D eigenvalue weighted by Gasteiger charge is -2.08. The number of hydrogen-bond acceptors (Lipinski definition) is 5. The predicted octanol–water partition coefficient (Wildman–Crippen LogP) is 3.07. The van der Waals surface area contributed by atoms with Gasteiger partial charge in [-0.15, -0.1) is 11.3 Å². The molecule has 1 aliphatic rings. The van der Waals surface area contributed by atoms with Gasteiger partial charge in [-0.3, -0.25) is 4.79 Å². The van der Waals surface area contributed by atoms with E-state index in [4.69, 9.17) is 15.2 Å². The van der Waals surface area contributed by atoms with E-state index < -0.39 is 0 Å². The Morgan fingerprint density at radius 1 is 1.32 bits per heavy atom. The van der Waals surface area contributed by atoms with Gasteiger partial charge in [-0.05, 0) is 22.0 Å². The summed E-state index contributed by atoms with van der Waals surface area (Å²) in [5.41, 5.74) is 7.39. The molecule has 0 saturated carbocycles. The Labute approximate surface area is 121 Å². The lowest BCUT2D eigenvalue weighted by Crippen LogP contribution is -2.12. The second-order valence-electron chi connectivity index (χ2n) is 3.89. The number of nitrogens with two attached hydrogens (primary N) is 1. The number of fused-ring (bicyclic) bond motifs is 1. The Hall–Kier alpha value is -1.73. The van der Waals surface area contributed by atoms with Gasteiger partial charge in [0.25, 0.3) is 5.91 Å². The van der Waals surface area contributed by atoms with Crippen LogP contribution in [0.5, 0.6) is 11.5 Å². The number of nitrogen functional groups attached to an aromatic ring is 1. The molecule has 3 rings (SSSR count). The zero-order valence-electron chi connectivity index (χ0n) is 9.60. The molecule has 0 atom stereocenters. The number of thiophene rings is 1. The third-order valence-corrected chi connectivity index (χ3v) is 4.13. The van der Waals surface area contributed by atoms with Gasteiger partial charge in [0.05, 0.1) is 20.7 Å². The highest BCUT2D eigenvalue weighted by atomic mass is 79.9. The Balaban J connectivity index is 1.85. The quantitative estimate of drug-likeness (QED) is 0.824. The topological polar surface area (TPSA) is 73.6 Å². The summed E-state index contributed by atoms with van der Waals surface area (Å²) in [5.74, 6) is 0.956. The molecule has 0 unspecified atom stereocenters. The van der Waals surface area contributed by atoms with Crippen molar-refractivity contribution in [3.63, 3.8) is 0 Å². The van der Waals surface area contributed by atoms with Crippen molar-refractivity contribution in [3.05, 3.63) is 32.9 Å². The van der Waals surface area contributed by atoms with Crippen LogP contribution >= 0.6 is 27.3 Å². The van der Waals surface area contributed by atoms with Crippen molar-refractivity contribution in [2.45, 2.75) is 0 Å². The Bertz CT molecular complexity index is 656. The molecule has 98 valence electrons. The number of hydrogen-bond donors (Lipinski definition) is 2. The van der Waals surface area contributed by atoms with Crippen molar-refractivity contribution in [3.8, 4) is 11.5 Å². The fourth-order valence-corrected chi connectivity index (χ4v) is 2.83. The number of halogens is 1. The summed E-state index contributed by atoms with van der Waals surface area (Å²) >= 11 is 4.77. The van der Waals surface area contributed by atoms with Gasteiger partial charge < -0.3 is 20.5 Å². The molecule has 3 N–H and O–H groups in total. The summed E-state index contributed by atoms with van der Waals surface area (Å²) in [6.45, 7) is 0.170. The van der Waals surface area contributed by atoms with Gasteiger partial charge in [0.2, 0.25) is 6.79 Å². The van der Waals surface area contributed by atoms with Gasteiger partial charge in [-0.25, -0.2) is 0 Å². The first-order chi connectivity index (χ1) is 9.13. The largest absolute Gasteiger partial charge is 0.454 e. The Kier molecular flexibility index (Phi) is 3.08. The van der Waals surface area contributed by atoms with Crippen LogP contribution < -0.4 is 20.5 Å². The van der Waals surface area contributed by atoms with Crippen LogP contribution in [-0.2, 0) is 0 Å². The second-order valence-corrected chi connectivity index (χ2v) is 6.18. The SMILES string of the molecule is Nc1cc2c(cc1NC(=O)c1csc(Br)c1)OCO2. The molecule has 1 aromatic heterocycles. The van der Waals surface area contributed by atoms with E-state index in [1.54, 1.807) is 23.6 Å². The van der Waals surface area contributed by atoms with Gasteiger partial charge in [0, 0.05) is 17.5 Å². The van der Waals surface area contributed by atoms with Crippen LogP contribution in [0.3, 0.4) is 0 Å².